The van der Waals surface area contributed by atoms with E-state index in [1.807, 2.05) is 63.8 Å². The zero-order valence-corrected chi connectivity index (χ0v) is 21.5. The molecule has 7 aromatic rings. The normalized spacial score (nSPS) is 13.2. The van der Waals surface area contributed by atoms with Gasteiger partial charge in [-0.05, 0) is 48.5 Å². The average Bonchev–Trinajstić information content (AvgIpc) is 3.66. The van der Waals surface area contributed by atoms with E-state index in [1.54, 1.807) is 6.33 Å². The van der Waals surface area contributed by atoms with Crippen LogP contribution < -0.4 is 9.80 Å². The summed E-state index contributed by atoms with van der Waals surface area (Å²) in [7, 11) is 0. The molecule has 6 heterocycles. The quantitative estimate of drug-likeness (QED) is 0.268. The van der Waals surface area contributed by atoms with E-state index in [0.717, 1.165) is 69.8 Å². The molecule has 192 valence electrons. The number of fused-ring (bicyclic) bond motifs is 3. The molecule has 0 amide bonds. The highest BCUT2D eigenvalue weighted by Crippen LogP contribution is 2.40. The molecule has 8 nitrogen and oxygen atoms in total. The zero-order valence-electron chi connectivity index (χ0n) is 21.5. The molecule has 1 aliphatic heterocycles. The van der Waals surface area contributed by atoms with E-state index in [0.29, 0.717) is 0 Å². The van der Waals surface area contributed by atoms with Crippen LogP contribution in [-0.2, 0) is 0 Å². The molecular formula is C32H24N8. The predicted molar refractivity (Wildman–Crippen MR) is 157 cm³/mol. The van der Waals surface area contributed by atoms with Crippen molar-refractivity contribution < 1.29 is 0 Å². The van der Waals surface area contributed by atoms with Gasteiger partial charge in [-0.2, -0.15) is 0 Å². The second kappa shape index (κ2) is 9.06. The first kappa shape index (κ1) is 22.5. The van der Waals surface area contributed by atoms with Gasteiger partial charge in [0.2, 0.25) is 0 Å². The van der Waals surface area contributed by atoms with E-state index >= 15 is 0 Å². The van der Waals surface area contributed by atoms with Gasteiger partial charge >= 0.3 is 0 Å². The van der Waals surface area contributed by atoms with Gasteiger partial charge in [0.25, 0.3) is 0 Å². The van der Waals surface area contributed by atoms with E-state index in [9.17, 15) is 0 Å². The second-order valence-electron chi connectivity index (χ2n) is 9.82. The molecule has 40 heavy (non-hydrogen) atoms. The summed E-state index contributed by atoms with van der Waals surface area (Å²) in [6, 6.07) is 29.1. The highest BCUT2D eigenvalue weighted by atomic mass is 15.3. The molecule has 2 aromatic carbocycles. The number of aromatic nitrogens is 6. The lowest BCUT2D eigenvalue weighted by Crippen LogP contribution is -2.37. The fraction of sp³-hybridized carbons (Fsp3) is 0.0625. The molecular weight excluding hydrogens is 496 g/mol. The Labute approximate surface area is 230 Å². The number of hydrogen-bond acceptors (Lipinski definition) is 6. The highest BCUT2D eigenvalue weighted by molar-refractivity contribution is 5.83. The third kappa shape index (κ3) is 3.77. The lowest BCUT2D eigenvalue weighted by Gasteiger charge is -2.37. The maximum Gasteiger partial charge on any atom is 0.160 e. The molecule has 0 aliphatic carbocycles. The van der Waals surface area contributed by atoms with Crippen LogP contribution in [-0.4, -0.2) is 41.8 Å². The zero-order chi connectivity index (χ0) is 26.5. The van der Waals surface area contributed by atoms with Crippen molar-refractivity contribution in [2.75, 3.05) is 22.9 Å². The molecule has 0 spiro atoms. The number of pyridine rings is 2. The first-order chi connectivity index (χ1) is 19.8. The largest absolute Gasteiger partial charge is 0.335 e. The minimum Gasteiger partial charge on any atom is -0.335 e. The maximum atomic E-state index is 4.82. The lowest BCUT2D eigenvalue weighted by molar-refractivity contribution is 0.825. The number of anilines is 4. The maximum absolute atomic E-state index is 4.82. The Morgan fingerprint density at radius 2 is 1.20 bits per heavy atom. The van der Waals surface area contributed by atoms with Crippen LogP contribution in [0.5, 0.6) is 0 Å². The van der Waals surface area contributed by atoms with Crippen LogP contribution in [0.4, 0.5) is 22.9 Å². The smallest absolute Gasteiger partial charge is 0.160 e. The first-order valence-electron chi connectivity index (χ1n) is 13.2. The summed E-state index contributed by atoms with van der Waals surface area (Å²) >= 11 is 0. The highest BCUT2D eigenvalue weighted by Gasteiger charge is 2.27. The number of rotatable bonds is 4. The van der Waals surface area contributed by atoms with Crippen LogP contribution in [0, 0.1) is 0 Å². The molecule has 0 atom stereocenters. The Bertz CT molecular complexity index is 1800. The van der Waals surface area contributed by atoms with Gasteiger partial charge in [0.15, 0.2) is 5.82 Å². The van der Waals surface area contributed by atoms with Crippen LogP contribution in [0.3, 0.4) is 0 Å². The van der Waals surface area contributed by atoms with Crippen LogP contribution >= 0.6 is 0 Å². The number of imidazole rings is 2. The van der Waals surface area contributed by atoms with Gasteiger partial charge < -0.3 is 18.6 Å². The molecule has 0 saturated heterocycles. The van der Waals surface area contributed by atoms with Crippen molar-refractivity contribution in [1.82, 2.24) is 28.7 Å². The molecule has 8 rings (SSSR count). The van der Waals surface area contributed by atoms with Crippen LogP contribution in [0.1, 0.15) is 0 Å². The van der Waals surface area contributed by atoms with Gasteiger partial charge in [-0.25, -0.2) is 19.9 Å². The van der Waals surface area contributed by atoms with E-state index in [1.165, 1.54) is 0 Å². The Balaban J connectivity index is 1.14. The molecule has 8 heteroatoms. The van der Waals surface area contributed by atoms with Crippen molar-refractivity contribution in [1.29, 1.82) is 0 Å². The standard InChI is InChI=1S/C32H24N8/c1-3-13-37-20-27(35-30(37)11-1)23-7-5-9-25(17-23)39-15-16-40(32-29(39)19-33-22-34-32)26-10-6-8-24(18-26)28-21-38-14-4-2-12-31(38)36-28/h1-14,17-22H,15-16H2. The first-order valence-corrected chi connectivity index (χ1v) is 13.2. The van der Waals surface area contributed by atoms with E-state index in [4.69, 9.17) is 15.0 Å². The van der Waals surface area contributed by atoms with Crippen molar-refractivity contribution in [2.45, 2.75) is 0 Å². The van der Waals surface area contributed by atoms with Crippen molar-refractivity contribution in [2.24, 2.45) is 0 Å². The minimum atomic E-state index is 0.775. The minimum absolute atomic E-state index is 0.775. The van der Waals surface area contributed by atoms with Gasteiger partial charge in [-0.1, -0.05) is 36.4 Å². The lowest BCUT2D eigenvalue weighted by atomic mass is 10.1. The summed E-state index contributed by atoms with van der Waals surface area (Å²) in [6.45, 7) is 1.56. The van der Waals surface area contributed by atoms with Crippen LogP contribution in [0.15, 0.2) is 122 Å². The van der Waals surface area contributed by atoms with Crippen LogP contribution in [0.25, 0.3) is 33.8 Å². The SMILES string of the molecule is c1cc(-c2cn3ccccc3n2)cc(N2CCN(c3cccc(-c4cn5ccccc5n4)c3)c3ncncc32)c1. The Hall–Kier alpha value is -5.50. The molecule has 0 N–H and O–H groups in total. The van der Waals surface area contributed by atoms with Gasteiger partial charge in [0, 0.05) is 60.4 Å². The summed E-state index contributed by atoms with van der Waals surface area (Å²) in [5.74, 6) is 0.881. The van der Waals surface area contributed by atoms with E-state index in [2.05, 4.69) is 75.7 Å². The number of hydrogen-bond donors (Lipinski definition) is 0. The van der Waals surface area contributed by atoms with Crippen molar-refractivity contribution in [3.8, 4) is 22.5 Å². The summed E-state index contributed by atoms with van der Waals surface area (Å²) in [5, 5.41) is 0. The third-order valence-electron chi connectivity index (χ3n) is 7.40. The fourth-order valence-corrected chi connectivity index (χ4v) is 5.47. The molecule has 0 radical (unpaired) electrons. The molecule has 0 unspecified atom stereocenters. The van der Waals surface area contributed by atoms with Crippen molar-refractivity contribution >= 4 is 34.2 Å². The topological polar surface area (TPSA) is 66.9 Å². The van der Waals surface area contributed by atoms with Gasteiger partial charge in [0.05, 0.1) is 17.6 Å². The van der Waals surface area contributed by atoms with Crippen molar-refractivity contribution in [3.63, 3.8) is 0 Å². The Morgan fingerprint density at radius 1 is 0.600 bits per heavy atom. The summed E-state index contributed by atoms with van der Waals surface area (Å²) in [4.78, 5) is 23.3. The third-order valence-corrected chi connectivity index (χ3v) is 7.40. The van der Waals surface area contributed by atoms with Gasteiger partial charge in [-0.3, -0.25) is 0 Å². The molecule has 1 aliphatic rings. The fourth-order valence-electron chi connectivity index (χ4n) is 5.47. The molecule has 5 aromatic heterocycles. The predicted octanol–water partition coefficient (Wildman–Crippen LogP) is 6.40. The summed E-state index contributed by atoms with van der Waals surface area (Å²) < 4.78 is 4.09. The Kier molecular flexibility index (Phi) is 5.09. The number of nitrogens with zero attached hydrogens (tertiary/aromatic N) is 8. The Morgan fingerprint density at radius 3 is 1.82 bits per heavy atom. The molecule has 0 saturated carbocycles. The molecule has 0 bridgehead atoms. The van der Waals surface area contributed by atoms with Gasteiger partial charge in [-0.15, -0.1) is 0 Å². The second-order valence-corrected chi connectivity index (χ2v) is 9.82. The van der Waals surface area contributed by atoms with E-state index < -0.39 is 0 Å². The van der Waals surface area contributed by atoms with E-state index in [-0.39, 0.29) is 0 Å². The monoisotopic (exact) mass is 520 g/mol. The van der Waals surface area contributed by atoms with Crippen LogP contribution in [0.2, 0.25) is 0 Å². The van der Waals surface area contributed by atoms with Crippen molar-refractivity contribution in [3.05, 3.63) is 122 Å². The average molecular weight is 521 g/mol. The summed E-state index contributed by atoms with van der Waals surface area (Å²) in [5.41, 5.74) is 9.02. The molecule has 0 fully saturated rings. The number of benzene rings is 2. The summed E-state index contributed by atoms with van der Waals surface area (Å²) in [6.07, 6.45) is 11.7. The van der Waals surface area contributed by atoms with Gasteiger partial charge in [0.1, 0.15) is 23.3 Å².